The molecule has 2 saturated carbocycles. The van der Waals surface area contributed by atoms with Crippen LogP contribution in [0.5, 0.6) is 0 Å². The molecule has 3 aliphatic carbocycles. The molecular weight excluding hydrogens is 432 g/mol. The molecule has 0 heterocycles. The molecule has 3 aliphatic rings. The van der Waals surface area contributed by atoms with Gasteiger partial charge in [-0.3, -0.25) is 19.2 Å². The summed E-state index contributed by atoms with van der Waals surface area (Å²) in [6.07, 6.45) is 6.74. The van der Waals surface area contributed by atoms with E-state index in [9.17, 15) is 24.0 Å². The van der Waals surface area contributed by atoms with Crippen LogP contribution in [-0.4, -0.2) is 58.6 Å². The average Bonchev–Trinajstić information content (AvgIpc) is 3.07. The van der Waals surface area contributed by atoms with Gasteiger partial charge in [-0.25, -0.2) is 0 Å². The van der Waals surface area contributed by atoms with Gasteiger partial charge in [-0.2, -0.15) is 0 Å². The Hall–Kier alpha value is -2.71. The number of hydrogen-bond acceptors (Lipinski definition) is 9. The van der Waals surface area contributed by atoms with Crippen molar-refractivity contribution in [2.45, 2.75) is 44.9 Å². The second-order valence-corrected chi connectivity index (χ2v) is 9.40. The summed E-state index contributed by atoms with van der Waals surface area (Å²) in [5.41, 5.74) is -3.71. The lowest BCUT2D eigenvalue weighted by Crippen LogP contribution is -2.55. The number of methoxy groups -OCH3 is 4. The van der Waals surface area contributed by atoms with Crippen LogP contribution in [0.1, 0.15) is 44.9 Å². The van der Waals surface area contributed by atoms with Crippen LogP contribution in [-0.2, 0) is 42.9 Å². The van der Waals surface area contributed by atoms with Gasteiger partial charge in [0.15, 0.2) is 10.8 Å². The lowest BCUT2D eigenvalue weighted by Gasteiger charge is -2.52. The minimum Gasteiger partial charge on any atom is -0.468 e. The first-order valence-corrected chi connectivity index (χ1v) is 11.2. The molecule has 182 valence electrons. The number of esters is 4. The maximum atomic E-state index is 12.7. The molecule has 0 amide bonds. The van der Waals surface area contributed by atoms with Crippen LogP contribution in [0, 0.1) is 34.0 Å². The zero-order valence-electron chi connectivity index (χ0n) is 19.6. The normalized spacial score (nSPS) is 31.6. The highest BCUT2D eigenvalue weighted by Crippen LogP contribution is 2.60. The fourth-order valence-electron chi connectivity index (χ4n) is 6.48. The van der Waals surface area contributed by atoms with Gasteiger partial charge in [0.25, 0.3) is 0 Å². The molecule has 0 aliphatic heterocycles. The Morgan fingerprint density at radius 1 is 0.727 bits per heavy atom. The molecule has 33 heavy (non-hydrogen) atoms. The standard InChI is InChI=1S/C24H32O9/c1-30-18(26)22(19(27)31-2)9-7-15-5-6-16-13-23(20(28)32-3,21(29)33-4)11-12-24(16,14-25)17(15)8-10-22/h5-6,14-17H,7-13H2,1-4H3/t15-,16+,17+,24-/m1/s1. The Labute approximate surface area is 193 Å². The summed E-state index contributed by atoms with van der Waals surface area (Å²) in [7, 11) is 4.94. The first kappa shape index (κ1) is 24.9. The molecule has 0 spiro atoms. The van der Waals surface area contributed by atoms with Crippen LogP contribution in [0.25, 0.3) is 0 Å². The van der Waals surface area contributed by atoms with Crippen LogP contribution < -0.4 is 0 Å². The van der Waals surface area contributed by atoms with Gasteiger partial charge in [-0.1, -0.05) is 12.2 Å². The molecule has 0 N–H and O–H groups in total. The molecule has 9 nitrogen and oxygen atoms in total. The van der Waals surface area contributed by atoms with E-state index in [1.54, 1.807) is 0 Å². The molecule has 9 heteroatoms. The Balaban J connectivity index is 1.98. The number of aldehydes is 1. The highest BCUT2D eigenvalue weighted by Gasteiger charge is 2.62. The first-order valence-electron chi connectivity index (χ1n) is 11.2. The van der Waals surface area contributed by atoms with Crippen molar-refractivity contribution >= 4 is 30.2 Å². The first-order chi connectivity index (χ1) is 15.7. The Bertz CT molecular complexity index is 828. The van der Waals surface area contributed by atoms with Crippen molar-refractivity contribution in [2.75, 3.05) is 28.4 Å². The van der Waals surface area contributed by atoms with Gasteiger partial charge in [0, 0.05) is 5.41 Å². The summed E-state index contributed by atoms with van der Waals surface area (Å²) in [5, 5.41) is 0. The van der Waals surface area contributed by atoms with Crippen molar-refractivity contribution in [1.29, 1.82) is 0 Å². The van der Waals surface area contributed by atoms with Crippen LogP contribution in [0.4, 0.5) is 0 Å². The highest BCUT2D eigenvalue weighted by atomic mass is 16.6. The van der Waals surface area contributed by atoms with Gasteiger partial charge in [-0.05, 0) is 62.7 Å². The van der Waals surface area contributed by atoms with Gasteiger partial charge >= 0.3 is 23.9 Å². The van der Waals surface area contributed by atoms with Crippen molar-refractivity contribution in [1.82, 2.24) is 0 Å². The van der Waals surface area contributed by atoms with Crippen LogP contribution in [0.15, 0.2) is 12.2 Å². The largest absolute Gasteiger partial charge is 0.468 e. The highest BCUT2D eigenvalue weighted by molar-refractivity contribution is 6.01. The molecule has 0 unspecified atom stereocenters. The van der Waals surface area contributed by atoms with Crippen LogP contribution >= 0.6 is 0 Å². The molecule has 4 atom stereocenters. The third kappa shape index (κ3) is 3.65. The number of carbonyl (C=O) groups is 5. The number of rotatable bonds is 5. The lowest BCUT2D eigenvalue weighted by atomic mass is 9.49. The zero-order chi connectivity index (χ0) is 24.4. The Morgan fingerprint density at radius 3 is 1.76 bits per heavy atom. The zero-order valence-corrected chi connectivity index (χ0v) is 19.6. The van der Waals surface area contributed by atoms with Gasteiger partial charge in [0.1, 0.15) is 6.29 Å². The maximum absolute atomic E-state index is 12.7. The van der Waals surface area contributed by atoms with E-state index in [0.29, 0.717) is 19.3 Å². The van der Waals surface area contributed by atoms with E-state index in [2.05, 4.69) is 0 Å². The summed E-state index contributed by atoms with van der Waals surface area (Å²) in [5.74, 6) is -3.17. The van der Waals surface area contributed by atoms with E-state index in [0.717, 1.165) is 6.29 Å². The minimum absolute atomic E-state index is 0.0357. The molecule has 0 aromatic heterocycles. The molecule has 0 aromatic carbocycles. The van der Waals surface area contributed by atoms with Gasteiger partial charge in [-0.15, -0.1) is 0 Å². The summed E-state index contributed by atoms with van der Waals surface area (Å²) < 4.78 is 19.8. The molecule has 0 bridgehead atoms. The van der Waals surface area contributed by atoms with Crippen molar-refractivity contribution in [3.05, 3.63) is 12.2 Å². The topological polar surface area (TPSA) is 122 Å². The average molecular weight is 465 g/mol. The summed E-state index contributed by atoms with van der Waals surface area (Å²) in [4.78, 5) is 63.3. The predicted molar refractivity (Wildman–Crippen MR) is 113 cm³/mol. The third-order valence-corrected chi connectivity index (χ3v) is 8.35. The minimum atomic E-state index is -1.47. The lowest BCUT2D eigenvalue weighted by molar-refractivity contribution is -0.178. The third-order valence-electron chi connectivity index (χ3n) is 8.35. The Kier molecular flexibility index (Phi) is 7.00. The van der Waals surface area contributed by atoms with Crippen molar-refractivity contribution in [3.63, 3.8) is 0 Å². The van der Waals surface area contributed by atoms with Gasteiger partial charge in [0.2, 0.25) is 0 Å². The van der Waals surface area contributed by atoms with Crippen molar-refractivity contribution < 1.29 is 42.9 Å². The summed E-state index contributed by atoms with van der Waals surface area (Å²) in [6.45, 7) is 0. The second-order valence-electron chi connectivity index (χ2n) is 9.40. The SMILES string of the molecule is COC(=O)C1(C(=O)OC)CC[C@H]2C=C[C@H]3CC(C(=O)OC)(C(=O)OC)CC[C@]3(C=O)[C@H]2CC1. The van der Waals surface area contributed by atoms with Crippen LogP contribution in [0.2, 0.25) is 0 Å². The predicted octanol–water partition coefficient (Wildman–Crippen LogP) is 2.01. The molecule has 0 saturated heterocycles. The summed E-state index contributed by atoms with van der Waals surface area (Å²) >= 11 is 0. The number of carbonyl (C=O) groups excluding carboxylic acids is 5. The van der Waals surface area contributed by atoms with Crippen LogP contribution in [0.3, 0.4) is 0 Å². The number of hydrogen-bond donors (Lipinski definition) is 0. The molecule has 0 radical (unpaired) electrons. The fourth-order valence-corrected chi connectivity index (χ4v) is 6.48. The quantitative estimate of drug-likeness (QED) is 0.198. The van der Waals surface area contributed by atoms with Gasteiger partial charge < -0.3 is 23.7 Å². The second kappa shape index (κ2) is 9.27. The number of fused-ring (bicyclic) bond motifs is 3. The smallest absolute Gasteiger partial charge is 0.323 e. The Morgan fingerprint density at radius 2 is 1.24 bits per heavy atom. The van der Waals surface area contributed by atoms with E-state index in [4.69, 9.17) is 18.9 Å². The van der Waals surface area contributed by atoms with Crippen molar-refractivity contribution in [2.24, 2.45) is 34.0 Å². The monoisotopic (exact) mass is 464 g/mol. The van der Waals surface area contributed by atoms with E-state index >= 15 is 0 Å². The van der Waals surface area contributed by atoms with E-state index in [1.807, 2.05) is 12.2 Å². The number of ether oxygens (including phenoxy) is 4. The van der Waals surface area contributed by atoms with E-state index in [1.165, 1.54) is 28.4 Å². The summed E-state index contributed by atoms with van der Waals surface area (Å²) in [6, 6.07) is 0. The van der Waals surface area contributed by atoms with E-state index < -0.39 is 40.1 Å². The molecule has 3 rings (SSSR count). The number of allylic oxidation sites excluding steroid dienone is 2. The molecular formula is C24H32O9. The van der Waals surface area contributed by atoms with Crippen molar-refractivity contribution in [3.8, 4) is 0 Å². The fraction of sp³-hybridized carbons (Fsp3) is 0.708. The molecule has 0 aromatic rings. The molecule has 2 fully saturated rings. The van der Waals surface area contributed by atoms with Gasteiger partial charge in [0.05, 0.1) is 28.4 Å². The maximum Gasteiger partial charge on any atom is 0.323 e. The van der Waals surface area contributed by atoms with E-state index in [-0.39, 0.29) is 43.4 Å².